The van der Waals surface area contributed by atoms with Crippen molar-refractivity contribution in [3.8, 4) is 0 Å². The van der Waals surface area contributed by atoms with Crippen LogP contribution in [0.15, 0.2) is 0 Å². The lowest BCUT2D eigenvalue weighted by molar-refractivity contribution is 0.121. The van der Waals surface area contributed by atoms with Crippen LogP contribution in [0.5, 0.6) is 0 Å². The Labute approximate surface area is 99.3 Å². The molecule has 0 unspecified atom stereocenters. The molecular formula is C13H27NO2. The molecule has 3 N–H and O–H groups in total. The molecule has 0 aromatic carbocycles. The summed E-state index contributed by atoms with van der Waals surface area (Å²) < 4.78 is 0. The van der Waals surface area contributed by atoms with Gasteiger partial charge in [-0.1, -0.05) is 32.1 Å². The molecule has 0 aliphatic heterocycles. The number of unbranched alkanes of at least 4 members (excludes halogenated alkanes) is 3. The highest BCUT2D eigenvalue weighted by Gasteiger charge is 2.30. The molecule has 0 saturated heterocycles. The van der Waals surface area contributed by atoms with Gasteiger partial charge in [-0.05, 0) is 32.2 Å². The zero-order chi connectivity index (χ0) is 11.7. The van der Waals surface area contributed by atoms with Crippen LogP contribution in [-0.4, -0.2) is 35.5 Å². The third-order valence-corrected chi connectivity index (χ3v) is 3.70. The predicted molar refractivity (Wildman–Crippen MR) is 66.5 cm³/mol. The average molecular weight is 229 g/mol. The molecule has 0 heterocycles. The lowest BCUT2D eigenvalue weighted by atomic mass is 9.82. The summed E-state index contributed by atoms with van der Waals surface area (Å²) in [6.07, 6.45) is 10.4. The molecule has 1 saturated carbocycles. The summed E-state index contributed by atoms with van der Waals surface area (Å²) in [5.74, 6) is 0. The van der Waals surface area contributed by atoms with Gasteiger partial charge in [-0.25, -0.2) is 0 Å². The molecule has 96 valence electrons. The van der Waals surface area contributed by atoms with Crippen LogP contribution in [0.25, 0.3) is 0 Å². The quantitative estimate of drug-likeness (QED) is 0.557. The topological polar surface area (TPSA) is 52.5 Å². The van der Waals surface area contributed by atoms with Crippen LogP contribution < -0.4 is 5.32 Å². The second-order valence-electron chi connectivity index (χ2n) is 5.06. The van der Waals surface area contributed by atoms with E-state index in [0.29, 0.717) is 6.61 Å². The summed E-state index contributed by atoms with van der Waals surface area (Å²) in [7, 11) is 0. The molecule has 0 radical (unpaired) electrons. The van der Waals surface area contributed by atoms with Gasteiger partial charge in [-0.3, -0.25) is 0 Å². The Morgan fingerprint density at radius 2 is 1.56 bits per heavy atom. The molecule has 0 atom stereocenters. The van der Waals surface area contributed by atoms with Crippen LogP contribution in [0.4, 0.5) is 0 Å². The molecule has 1 aliphatic rings. The van der Waals surface area contributed by atoms with Crippen molar-refractivity contribution in [2.24, 2.45) is 0 Å². The third-order valence-electron chi connectivity index (χ3n) is 3.70. The van der Waals surface area contributed by atoms with E-state index in [1.54, 1.807) is 0 Å². The summed E-state index contributed by atoms with van der Waals surface area (Å²) in [4.78, 5) is 0. The average Bonchev–Trinajstić information content (AvgIpc) is 2.35. The second kappa shape index (κ2) is 8.04. The van der Waals surface area contributed by atoms with Gasteiger partial charge >= 0.3 is 0 Å². The molecule has 16 heavy (non-hydrogen) atoms. The minimum Gasteiger partial charge on any atom is -0.396 e. The first-order chi connectivity index (χ1) is 7.83. The van der Waals surface area contributed by atoms with Gasteiger partial charge in [0.2, 0.25) is 0 Å². The fourth-order valence-electron chi connectivity index (χ4n) is 2.56. The van der Waals surface area contributed by atoms with Gasteiger partial charge in [-0.15, -0.1) is 0 Å². The number of hydrogen-bond acceptors (Lipinski definition) is 3. The number of aliphatic hydroxyl groups excluding tert-OH is 2. The van der Waals surface area contributed by atoms with Crippen molar-refractivity contribution in [1.29, 1.82) is 0 Å². The highest BCUT2D eigenvalue weighted by Crippen LogP contribution is 2.27. The van der Waals surface area contributed by atoms with E-state index in [2.05, 4.69) is 5.32 Å². The molecule has 0 spiro atoms. The van der Waals surface area contributed by atoms with Gasteiger partial charge in [-0.2, -0.15) is 0 Å². The summed E-state index contributed by atoms with van der Waals surface area (Å²) in [5, 5.41) is 21.7. The number of rotatable bonds is 8. The minimum atomic E-state index is 0.0230. The second-order valence-corrected chi connectivity index (χ2v) is 5.06. The monoisotopic (exact) mass is 229 g/mol. The standard InChI is InChI=1S/C13H27NO2/c15-11-7-2-1-6-10-14-13(12-16)8-4-3-5-9-13/h14-16H,1-12H2. The lowest BCUT2D eigenvalue weighted by Gasteiger charge is -2.36. The molecule has 0 bridgehead atoms. The van der Waals surface area contributed by atoms with Crippen LogP contribution in [0.1, 0.15) is 57.8 Å². The van der Waals surface area contributed by atoms with Crippen molar-refractivity contribution < 1.29 is 10.2 Å². The van der Waals surface area contributed by atoms with Gasteiger partial charge in [0.05, 0.1) is 6.61 Å². The molecule has 1 rings (SSSR count). The largest absolute Gasteiger partial charge is 0.396 e. The molecule has 0 aromatic heterocycles. The SMILES string of the molecule is OCCCCCCNC1(CO)CCCCC1. The number of aliphatic hydroxyl groups is 2. The minimum absolute atomic E-state index is 0.0230. The highest BCUT2D eigenvalue weighted by molar-refractivity contribution is 4.89. The Morgan fingerprint density at radius 1 is 0.875 bits per heavy atom. The van der Waals surface area contributed by atoms with Crippen LogP contribution in [0.2, 0.25) is 0 Å². The van der Waals surface area contributed by atoms with Crippen molar-refractivity contribution in [2.45, 2.75) is 63.3 Å². The summed E-state index contributed by atoms with van der Waals surface area (Å²) in [6, 6.07) is 0. The predicted octanol–water partition coefficient (Wildman–Crippen LogP) is 1.82. The Balaban J connectivity index is 2.08. The fourth-order valence-corrected chi connectivity index (χ4v) is 2.56. The van der Waals surface area contributed by atoms with Crippen LogP contribution in [0.3, 0.4) is 0 Å². The Bertz CT molecular complexity index is 167. The molecule has 1 aliphatic carbocycles. The fraction of sp³-hybridized carbons (Fsp3) is 1.00. The maximum atomic E-state index is 9.49. The van der Waals surface area contributed by atoms with Gasteiger partial charge < -0.3 is 15.5 Å². The van der Waals surface area contributed by atoms with Crippen molar-refractivity contribution in [2.75, 3.05) is 19.8 Å². The van der Waals surface area contributed by atoms with Gasteiger partial charge in [0.1, 0.15) is 0 Å². The Kier molecular flexibility index (Phi) is 7.01. The van der Waals surface area contributed by atoms with E-state index >= 15 is 0 Å². The van der Waals surface area contributed by atoms with Crippen molar-refractivity contribution in [3.63, 3.8) is 0 Å². The Morgan fingerprint density at radius 3 is 2.19 bits per heavy atom. The highest BCUT2D eigenvalue weighted by atomic mass is 16.3. The van der Waals surface area contributed by atoms with Crippen molar-refractivity contribution >= 4 is 0 Å². The molecule has 0 aromatic rings. The van der Waals surface area contributed by atoms with Gasteiger partial charge in [0.15, 0.2) is 0 Å². The zero-order valence-electron chi connectivity index (χ0n) is 10.4. The summed E-state index contributed by atoms with van der Waals surface area (Å²) >= 11 is 0. The van der Waals surface area contributed by atoms with Crippen LogP contribution in [0, 0.1) is 0 Å². The normalized spacial score (nSPS) is 19.9. The third kappa shape index (κ3) is 4.81. The van der Waals surface area contributed by atoms with E-state index in [9.17, 15) is 5.11 Å². The van der Waals surface area contributed by atoms with E-state index in [1.807, 2.05) is 0 Å². The molecule has 0 amide bonds. The van der Waals surface area contributed by atoms with Crippen LogP contribution in [-0.2, 0) is 0 Å². The molecule has 1 fully saturated rings. The number of hydrogen-bond donors (Lipinski definition) is 3. The summed E-state index contributed by atoms with van der Waals surface area (Å²) in [5.41, 5.74) is 0.0230. The van der Waals surface area contributed by atoms with Crippen molar-refractivity contribution in [1.82, 2.24) is 5.32 Å². The lowest BCUT2D eigenvalue weighted by Crippen LogP contribution is -2.50. The van der Waals surface area contributed by atoms with E-state index < -0.39 is 0 Å². The van der Waals surface area contributed by atoms with E-state index in [4.69, 9.17) is 5.11 Å². The van der Waals surface area contributed by atoms with E-state index in [0.717, 1.165) is 38.6 Å². The first-order valence-corrected chi connectivity index (χ1v) is 6.80. The molecule has 3 heteroatoms. The maximum Gasteiger partial charge on any atom is 0.0613 e. The molecule has 3 nitrogen and oxygen atoms in total. The van der Waals surface area contributed by atoms with Gasteiger partial charge in [0, 0.05) is 12.1 Å². The zero-order valence-corrected chi connectivity index (χ0v) is 10.4. The van der Waals surface area contributed by atoms with E-state index in [-0.39, 0.29) is 12.1 Å². The van der Waals surface area contributed by atoms with Crippen LogP contribution >= 0.6 is 0 Å². The summed E-state index contributed by atoms with van der Waals surface area (Å²) in [6.45, 7) is 1.60. The Hall–Kier alpha value is -0.120. The molecular weight excluding hydrogens is 202 g/mol. The van der Waals surface area contributed by atoms with Crippen molar-refractivity contribution in [3.05, 3.63) is 0 Å². The number of nitrogens with one attached hydrogen (secondary N) is 1. The maximum absolute atomic E-state index is 9.49. The van der Waals surface area contributed by atoms with Gasteiger partial charge in [0.25, 0.3) is 0 Å². The van der Waals surface area contributed by atoms with E-state index in [1.165, 1.54) is 25.7 Å². The first kappa shape index (κ1) is 13.9. The first-order valence-electron chi connectivity index (χ1n) is 6.80. The smallest absolute Gasteiger partial charge is 0.0613 e.